The molecule has 2 rings (SSSR count). The summed E-state index contributed by atoms with van der Waals surface area (Å²) < 4.78 is 19.9. The lowest BCUT2D eigenvalue weighted by atomic mass is 9.99. The highest BCUT2D eigenvalue weighted by Crippen LogP contribution is 2.23. The summed E-state index contributed by atoms with van der Waals surface area (Å²) >= 11 is 2.28. The average Bonchev–Trinajstić information content (AvgIpc) is 2.46. The van der Waals surface area contributed by atoms with Crippen molar-refractivity contribution in [2.45, 2.75) is 12.5 Å². The predicted octanol–water partition coefficient (Wildman–Crippen LogP) is 3.94. The second kappa shape index (κ2) is 7.04. The van der Waals surface area contributed by atoms with Crippen LogP contribution >= 0.6 is 22.6 Å². The van der Waals surface area contributed by atoms with Gasteiger partial charge in [-0.05, 0) is 71.5 Å². The van der Waals surface area contributed by atoms with Crippen molar-refractivity contribution in [1.29, 1.82) is 0 Å². The topological polar surface area (TPSA) is 21.3 Å². The minimum atomic E-state index is -0.317. The molecule has 106 valence electrons. The van der Waals surface area contributed by atoms with E-state index >= 15 is 0 Å². The molecule has 1 unspecified atom stereocenters. The summed E-state index contributed by atoms with van der Waals surface area (Å²) in [5.41, 5.74) is 2.14. The molecule has 0 radical (unpaired) electrons. The summed E-state index contributed by atoms with van der Waals surface area (Å²) in [6.07, 6.45) is 0.734. The molecule has 0 fully saturated rings. The van der Waals surface area contributed by atoms with E-state index in [1.807, 2.05) is 13.1 Å². The number of hydrogen-bond donors (Lipinski definition) is 1. The van der Waals surface area contributed by atoms with Crippen LogP contribution in [0.15, 0.2) is 42.5 Å². The van der Waals surface area contributed by atoms with Gasteiger partial charge in [0, 0.05) is 9.61 Å². The summed E-state index contributed by atoms with van der Waals surface area (Å²) in [5.74, 6) is -0.0357. The van der Waals surface area contributed by atoms with Crippen molar-refractivity contribution in [3.05, 3.63) is 63.0 Å². The summed E-state index contributed by atoms with van der Waals surface area (Å²) in [6, 6.07) is 13.6. The van der Waals surface area contributed by atoms with Crippen LogP contribution in [0.3, 0.4) is 0 Å². The van der Waals surface area contributed by atoms with Crippen molar-refractivity contribution in [3.63, 3.8) is 0 Å². The SMILES string of the molecule is CNC(Cc1ccc(OC)c(F)c1)c1ccc(I)cc1. The summed E-state index contributed by atoms with van der Waals surface area (Å²) in [7, 11) is 3.39. The number of hydrogen-bond acceptors (Lipinski definition) is 2. The Bertz CT molecular complexity index is 571. The molecule has 0 aliphatic carbocycles. The van der Waals surface area contributed by atoms with Crippen LogP contribution in [0.4, 0.5) is 4.39 Å². The first-order valence-corrected chi connectivity index (χ1v) is 7.47. The minimum absolute atomic E-state index is 0.166. The van der Waals surface area contributed by atoms with Crippen molar-refractivity contribution in [3.8, 4) is 5.75 Å². The fourth-order valence-corrected chi connectivity index (χ4v) is 2.51. The Morgan fingerprint density at radius 2 is 1.90 bits per heavy atom. The van der Waals surface area contributed by atoms with Gasteiger partial charge in [0.15, 0.2) is 11.6 Å². The Hall–Kier alpha value is -1.14. The molecule has 0 saturated heterocycles. The van der Waals surface area contributed by atoms with Crippen LogP contribution < -0.4 is 10.1 Å². The van der Waals surface area contributed by atoms with Crippen molar-refractivity contribution >= 4 is 22.6 Å². The fraction of sp³-hybridized carbons (Fsp3) is 0.250. The molecular formula is C16H17FINO. The maximum Gasteiger partial charge on any atom is 0.165 e. The van der Waals surface area contributed by atoms with E-state index < -0.39 is 0 Å². The van der Waals surface area contributed by atoms with E-state index in [9.17, 15) is 4.39 Å². The van der Waals surface area contributed by atoms with Gasteiger partial charge < -0.3 is 10.1 Å². The largest absolute Gasteiger partial charge is 0.494 e. The quantitative estimate of drug-likeness (QED) is 0.788. The normalized spacial score (nSPS) is 12.2. The van der Waals surface area contributed by atoms with Gasteiger partial charge in [0.25, 0.3) is 0 Å². The zero-order valence-electron chi connectivity index (χ0n) is 11.5. The molecule has 0 aromatic heterocycles. The first-order valence-electron chi connectivity index (χ1n) is 6.39. The lowest BCUT2D eigenvalue weighted by Crippen LogP contribution is -2.18. The van der Waals surface area contributed by atoms with E-state index in [2.05, 4.69) is 52.2 Å². The second-order valence-corrected chi connectivity index (χ2v) is 5.81. The molecule has 20 heavy (non-hydrogen) atoms. The van der Waals surface area contributed by atoms with Crippen LogP contribution in [0.5, 0.6) is 5.75 Å². The molecule has 2 aromatic rings. The molecule has 1 atom stereocenters. The molecule has 0 heterocycles. The molecule has 1 N–H and O–H groups in total. The molecule has 0 saturated carbocycles. The third kappa shape index (κ3) is 3.70. The minimum Gasteiger partial charge on any atom is -0.494 e. The molecule has 0 spiro atoms. The summed E-state index contributed by atoms with van der Waals surface area (Å²) in [5, 5.41) is 3.28. The van der Waals surface area contributed by atoms with Crippen LogP contribution in [0.1, 0.15) is 17.2 Å². The highest BCUT2D eigenvalue weighted by molar-refractivity contribution is 14.1. The fourth-order valence-electron chi connectivity index (χ4n) is 2.15. The van der Waals surface area contributed by atoms with Crippen molar-refractivity contribution < 1.29 is 9.13 Å². The van der Waals surface area contributed by atoms with Crippen LogP contribution in [0, 0.1) is 9.39 Å². The number of likely N-dealkylation sites (N-methyl/N-ethyl adjacent to an activating group) is 1. The van der Waals surface area contributed by atoms with Crippen LogP contribution in [-0.4, -0.2) is 14.2 Å². The number of ether oxygens (including phenoxy) is 1. The van der Waals surface area contributed by atoms with E-state index in [4.69, 9.17) is 4.74 Å². The third-order valence-electron chi connectivity index (χ3n) is 3.28. The second-order valence-electron chi connectivity index (χ2n) is 4.57. The molecule has 0 aliphatic heterocycles. The van der Waals surface area contributed by atoms with E-state index in [0.29, 0.717) is 0 Å². The van der Waals surface area contributed by atoms with Gasteiger partial charge in [-0.2, -0.15) is 0 Å². The Morgan fingerprint density at radius 1 is 1.20 bits per heavy atom. The molecule has 2 aromatic carbocycles. The highest BCUT2D eigenvalue weighted by Gasteiger charge is 2.12. The van der Waals surface area contributed by atoms with Crippen molar-refractivity contribution in [2.75, 3.05) is 14.2 Å². The Balaban J connectivity index is 2.17. The van der Waals surface area contributed by atoms with Crippen LogP contribution in [0.2, 0.25) is 0 Å². The van der Waals surface area contributed by atoms with Gasteiger partial charge in [0.1, 0.15) is 0 Å². The van der Waals surface area contributed by atoms with E-state index in [1.54, 1.807) is 6.07 Å². The molecule has 0 aliphatic rings. The zero-order chi connectivity index (χ0) is 14.5. The number of halogens is 2. The molecular weight excluding hydrogens is 368 g/mol. The molecule has 4 heteroatoms. The van der Waals surface area contributed by atoms with Crippen LogP contribution in [0.25, 0.3) is 0 Å². The Labute approximate surface area is 132 Å². The van der Waals surface area contributed by atoms with Crippen molar-refractivity contribution in [2.24, 2.45) is 0 Å². The van der Waals surface area contributed by atoms with Gasteiger partial charge in [-0.1, -0.05) is 18.2 Å². The lowest BCUT2D eigenvalue weighted by Gasteiger charge is -2.17. The number of methoxy groups -OCH3 is 1. The summed E-state index contributed by atoms with van der Waals surface area (Å²) in [6.45, 7) is 0. The molecule has 0 amide bonds. The van der Waals surface area contributed by atoms with Gasteiger partial charge in [0.2, 0.25) is 0 Å². The Morgan fingerprint density at radius 3 is 2.45 bits per heavy atom. The zero-order valence-corrected chi connectivity index (χ0v) is 13.6. The van der Waals surface area contributed by atoms with Gasteiger partial charge >= 0.3 is 0 Å². The molecule has 2 nitrogen and oxygen atoms in total. The first kappa shape index (κ1) is 15.3. The first-order chi connectivity index (χ1) is 9.63. The van der Waals surface area contributed by atoms with Crippen LogP contribution in [-0.2, 0) is 6.42 Å². The maximum atomic E-state index is 13.7. The van der Waals surface area contributed by atoms with Gasteiger partial charge in [0.05, 0.1) is 7.11 Å². The predicted molar refractivity (Wildman–Crippen MR) is 87.6 cm³/mol. The monoisotopic (exact) mass is 385 g/mol. The van der Waals surface area contributed by atoms with Crippen molar-refractivity contribution in [1.82, 2.24) is 5.32 Å². The maximum absolute atomic E-state index is 13.7. The standard InChI is InChI=1S/C16H17FINO/c1-19-15(12-4-6-13(18)7-5-12)10-11-3-8-16(20-2)14(17)9-11/h3-9,15,19H,10H2,1-2H3. The number of benzene rings is 2. The summed E-state index contributed by atoms with van der Waals surface area (Å²) in [4.78, 5) is 0. The number of nitrogens with one attached hydrogen (secondary N) is 1. The average molecular weight is 385 g/mol. The van der Waals surface area contributed by atoms with E-state index in [-0.39, 0.29) is 17.6 Å². The highest BCUT2D eigenvalue weighted by atomic mass is 127. The third-order valence-corrected chi connectivity index (χ3v) is 4.00. The van der Waals surface area contributed by atoms with Gasteiger partial charge in [-0.25, -0.2) is 4.39 Å². The van der Waals surface area contributed by atoms with E-state index in [1.165, 1.54) is 22.3 Å². The molecule has 0 bridgehead atoms. The smallest absolute Gasteiger partial charge is 0.165 e. The van der Waals surface area contributed by atoms with Gasteiger partial charge in [-0.15, -0.1) is 0 Å². The van der Waals surface area contributed by atoms with Gasteiger partial charge in [-0.3, -0.25) is 0 Å². The van der Waals surface area contributed by atoms with E-state index in [0.717, 1.165) is 12.0 Å². The number of rotatable bonds is 5. The Kier molecular flexibility index (Phi) is 5.37. The lowest BCUT2D eigenvalue weighted by molar-refractivity contribution is 0.386.